The van der Waals surface area contributed by atoms with Crippen LogP contribution in [0, 0.1) is 16.7 Å². The van der Waals surface area contributed by atoms with Gasteiger partial charge in [0.05, 0.1) is 46.2 Å². The highest BCUT2D eigenvalue weighted by Gasteiger charge is 2.45. The normalized spacial score (nSPS) is 18.0. The lowest BCUT2D eigenvalue weighted by Gasteiger charge is -2.42. The number of para-hydroxylation sites is 1. The van der Waals surface area contributed by atoms with E-state index in [1.165, 1.54) is 23.1 Å². The molecule has 1 amide bonds. The molecule has 2 aromatic carbocycles. The number of Topliss-reactive ketones (excluding diaryl/α,β-unsaturated/α-hetero) is 1. The number of nitrogens with one attached hydrogen (secondary N) is 1. The molecular formula is C29H26Cl2N6O3S2. The summed E-state index contributed by atoms with van der Waals surface area (Å²) in [6.45, 7) is 4.06. The highest BCUT2D eigenvalue weighted by molar-refractivity contribution is 8.01. The van der Waals surface area contributed by atoms with Gasteiger partial charge in [0.1, 0.15) is 11.6 Å². The number of hydrogen-bond donors (Lipinski definition) is 2. The van der Waals surface area contributed by atoms with Crippen molar-refractivity contribution in [2.75, 3.05) is 23.1 Å². The lowest BCUT2D eigenvalue weighted by Crippen LogP contribution is -2.42. The number of amides is 1. The maximum Gasteiger partial charge on any atom is 0.234 e. The van der Waals surface area contributed by atoms with Crippen LogP contribution in [0.15, 0.2) is 69.5 Å². The fraction of sp³-hybridized carbons (Fsp3) is 0.276. The molecule has 0 fully saturated rings. The topological polar surface area (TPSA) is 134 Å². The third kappa shape index (κ3) is 5.85. The van der Waals surface area contributed by atoms with Crippen LogP contribution in [0.25, 0.3) is 0 Å². The minimum Gasteiger partial charge on any atom is -0.497 e. The SMILES string of the molecule is COc1ccc(C2C(C#N)=C(N)N(c3nnc(SCC(=O)Nc4c(Cl)cccc4Cl)s3)C3=C2C(=O)CC(C)(C)C3)cc1. The molecule has 1 unspecified atom stereocenters. The first-order valence-corrected chi connectivity index (χ1v) is 15.4. The average Bonchev–Trinajstić information content (AvgIpc) is 3.41. The van der Waals surface area contributed by atoms with E-state index in [4.69, 9.17) is 33.7 Å². The second-order valence-electron chi connectivity index (χ2n) is 10.5. The van der Waals surface area contributed by atoms with Gasteiger partial charge in [0.2, 0.25) is 11.0 Å². The van der Waals surface area contributed by atoms with E-state index in [-0.39, 0.29) is 34.3 Å². The number of thioether (sulfide) groups is 1. The van der Waals surface area contributed by atoms with Gasteiger partial charge in [-0.2, -0.15) is 5.26 Å². The van der Waals surface area contributed by atoms with Crippen molar-refractivity contribution >= 4 is 68.8 Å². The lowest BCUT2D eigenvalue weighted by atomic mass is 9.68. The molecule has 1 atom stereocenters. The van der Waals surface area contributed by atoms with E-state index >= 15 is 0 Å². The van der Waals surface area contributed by atoms with Crippen molar-refractivity contribution in [1.82, 2.24) is 10.2 Å². The molecule has 1 aliphatic heterocycles. The minimum absolute atomic E-state index is 0.0317. The molecule has 3 aromatic rings. The number of ether oxygens (including phenoxy) is 1. The van der Waals surface area contributed by atoms with E-state index in [0.717, 1.165) is 5.56 Å². The Morgan fingerprint density at radius 2 is 1.90 bits per heavy atom. The standard InChI is InChI=1S/C29H26Cl2N6O3S2/c1-29(2)11-20-24(21(38)12-29)23(15-7-9-16(40-3)10-8-15)17(13-32)26(33)37(20)27-35-36-28(42-27)41-14-22(39)34-25-18(30)5-4-6-19(25)31/h4-10,23H,11-12,14,33H2,1-3H3,(H,34,39). The van der Waals surface area contributed by atoms with Gasteiger partial charge in [-0.1, -0.05) is 78.3 Å². The van der Waals surface area contributed by atoms with Crippen molar-refractivity contribution in [3.05, 3.63) is 80.7 Å². The maximum atomic E-state index is 13.7. The van der Waals surface area contributed by atoms with Crippen molar-refractivity contribution in [3.8, 4) is 11.8 Å². The van der Waals surface area contributed by atoms with Gasteiger partial charge in [-0.25, -0.2) is 0 Å². The Labute approximate surface area is 261 Å². The predicted molar refractivity (Wildman–Crippen MR) is 166 cm³/mol. The molecule has 3 N–H and O–H groups in total. The van der Waals surface area contributed by atoms with E-state index in [0.29, 0.717) is 55.1 Å². The van der Waals surface area contributed by atoms with Crippen LogP contribution in [-0.2, 0) is 9.59 Å². The van der Waals surface area contributed by atoms with Crippen LogP contribution in [0.2, 0.25) is 10.0 Å². The van der Waals surface area contributed by atoms with Gasteiger partial charge in [-0.3, -0.25) is 14.5 Å². The van der Waals surface area contributed by atoms with Gasteiger partial charge in [0.15, 0.2) is 10.1 Å². The molecule has 0 bridgehead atoms. The number of allylic oxidation sites excluding steroid dienone is 3. The fourth-order valence-electron chi connectivity index (χ4n) is 5.13. The summed E-state index contributed by atoms with van der Waals surface area (Å²) in [7, 11) is 1.58. The first-order valence-electron chi connectivity index (χ1n) is 12.8. The van der Waals surface area contributed by atoms with Gasteiger partial charge < -0.3 is 15.8 Å². The number of hydrogen-bond acceptors (Lipinski definition) is 10. The monoisotopic (exact) mass is 640 g/mol. The van der Waals surface area contributed by atoms with Crippen molar-refractivity contribution in [1.29, 1.82) is 5.26 Å². The summed E-state index contributed by atoms with van der Waals surface area (Å²) < 4.78 is 5.81. The molecule has 5 rings (SSSR count). The molecule has 0 radical (unpaired) electrons. The number of benzene rings is 2. The van der Waals surface area contributed by atoms with E-state index in [1.54, 1.807) is 42.3 Å². The summed E-state index contributed by atoms with van der Waals surface area (Å²) in [6.07, 6.45) is 0.885. The van der Waals surface area contributed by atoms with Crippen molar-refractivity contribution in [2.24, 2.45) is 11.1 Å². The van der Waals surface area contributed by atoms with Crippen molar-refractivity contribution in [2.45, 2.75) is 36.9 Å². The molecule has 216 valence electrons. The highest BCUT2D eigenvalue weighted by atomic mass is 35.5. The van der Waals surface area contributed by atoms with Crippen LogP contribution < -0.4 is 20.7 Å². The van der Waals surface area contributed by atoms with Crippen LogP contribution >= 0.6 is 46.3 Å². The lowest BCUT2D eigenvalue weighted by molar-refractivity contribution is -0.118. The predicted octanol–water partition coefficient (Wildman–Crippen LogP) is 6.53. The Hall–Kier alpha value is -3.56. The number of carbonyl (C=O) groups is 2. The van der Waals surface area contributed by atoms with Gasteiger partial charge in [0, 0.05) is 17.7 Å². The quantitative estimate of drug-likeness (QED) is 0.276. The number of nitrogens with zero attached hydrogens (tertiary/aromatic N) is 4. The van der Waals surface area contributed by atoms with Gasteiger partial charge in [-0.05, 0) is 41.7 Å². The molecule has 13 heteroatoms. The number of carbonyl (C=O) groups excluding carboxylic acids is 2. The Balaban J connectivity index is 1.46. The summed E-state index contributed by atoms with van der Waals surface area (Å²) >= 11 is 14.7. The first kappa shape index (κ1) is 29.9. The number of aromatic nitrogens is 2. The number of rotatable bonds is 7. The summed E-state index contributed by atoms with van der Waals surface area (Å²) in [4.78, 5) is 28.0. The second-order valence-corrected chi connectivity index (χ2v) is 13.5. The summed E-state index contributed by atoms with van der Waals surface area (Å²) in [5.41, 5.74) is 8.97. The third-order valence-electron chi connectivity index (χ3n) is 6.97. The summed E-state index contributed by atoms with van der Waals surface area (Å²) in [6, 6.07) is 14.5. The van der Waals surface area contributed by atoms with Gasteiger partial charge >= 0.3 is 0 Å². The molecule has 0 saturated carbocycles. The second kappa shape index (κ2) is 12.0. The smallest absolute Gasteiger partial charge is 0.234 e. The number of nitriles is 1. The number of anilines is 2. The maximum absolute atomic E-state index is 13.7. The zero-order chi connectivity index (χ0) is 30.2. The molecule has 2 heterocycles. The van der Waals surface area contributed by atoms with E-state index < -0.39 is 5.92 Å². The van der Waals surface area contributed by atoms with E-state index in [1.807, 2.05) is 26.0 Å². The Bertz CT molecular complexity index is 1660. The van der Waals surface area contributed by atoms with Crippen LogP contribution in [0.3, 0.4) is 0 Å². The first-order chi connectivity index (χ1) is 20.0. The van der Waals surface area contributed by atoms with Crippen LogP contribution in [0.4, 0.5) is 10.8 Å². The minimum atomic E-state index is -0.613. The van der Waals surface area contributed by atoms with Crippen molar-refractivity contribution in [3.63, 3.8) is 0 Å². The molecule has 9 nitrogen and oxygen atoms in total. The third-order valence-corrected chi connectivity index (χ3v) is 9.64. The fourth-order valence-corrected chi connectivity index (χ4v) is 7.30. The molecular weight excluding hydrogens is 615 g/mol. The van der Waals surface area contributed by atoms with Gasteiger partial charge in [-0.15, -0.1) is 10.2 Å². The Morgan fingerprint density at radius 3 is 2.55 bits per heavy atom. The molecule has 42 heavy (non-hydrogen) atoms. The largest absolute Gasteiger partial charge is 0.497 e. The average molecular weight is 642 g/mol. The highest BCUT2D eigenvalue weighted by Crippen LogP contribution is 2.51. The molecule has 0 spiro atoms. The van der Waals surface area contributed by atoms with Crippen LogP contribution in [0.1, 0.15) is 38.2 Å². The Kier molecular flexibility index (Phi) is 8.53. The number of nitrogens with two attached hydrogens (primary N) is 1. The van der Waals surface area contributed by atoms with E-state index in [9.17, 15) is 14.9 Å². The van der Waals surface area contributed by atoms with Crippen LogP contribution in [0.5, 0.6) is 5.75 Å². The van der Waals surface area contributed by atoms with Gasteiger partial charge in [0.25, 0.3) is 0 Å². The molecule has 0 saturated heterocycles. The zero-order valence-electron chi connectivity index (χ0n) is 22.9. The Morgan fingerprint density at radius 1 is 1.21 bits per heavy atom. The summed E-state index contributed by atoms with van der Waals surface area (Å²) in [5.74, 6) is -0.0767. The zero-order valence-corrected chi connectivity index (χ0v) is 26.0. The molecule has 2 aliphatic rings. The number of halogens is 2. The molecule has 1 aromatic heterocycles. The van der Waals surface area contributed by atoms with Crippen LogP contribution in [-0.4, -0.2) is 34.8 Å². The summed E-state index contributed by atoms with van der Waals surface area (Å²) in [5, 5.41) is 22.7. The number of methoxy groups -OCH3 is 1. The molecule has 1 aliphatic carbocycles. The van der Waals surface area contributed by atoms with Crippen molar-refractivity contribution < 1.29 is 14.3 Å². The number of ketones is 1. The van der Waals surface area contributed by atoms with E-state index in [2.05, 4.69) is 21.6 Å².